The van der Waals surface area contributed by atoms with E-state index in [0.717, 1.165) is 96.4 Å². The first-order valence-corrected chi connectivity index (χ1v) is 20.4. The van der Waals surface area contributed by atoms with Crippen molar-refractivity contribution in [3.8, 4) is 44.6 Å². The smallest absolute Gasteiger partial charge is 0.154 e. The zero-order chi connectivity index (χ0) is 40.8. The van der Waals surface area contributed by atoms with Gasteiger partial charge in [-0.05, 0) is 122 Å². The quantitative estimate of drug-likeness (QED) is 0.107. The summed E-state index contributed by atoms with van der Waals surface area (Å²) in [7, 11) is 0. The van der Waals surface area contributed by atoms with Crippen molar-refractivity contribution in [3.05, 3.63) is 228 Å². The van der Waals surface area contributed by atoms with E-state index in [1.807, 2.05) is 72.8 Å². The fourth-order valence-electron chi connectivity index (χ4n) is 8.10. The summed E-state index contributed by atoms with van der Waals surface area (Å²) in [5.41, 5.74) is 16.0. The van der Waals surface area contributed by atoms with Crippen LogP contribution in [-0.2, 0) is 13.0 Å². The molecule has 7 aromatic carbocycles. The van der Waals surface area contributed by atoms with Crippen molar-refractivity contribution >= 4 is 54.2 Å². The van der Waals surface area contributed by atoms with Gasteiger partial charge in [0.25, 0.3) is 0 Å². The molecule has 5 heteroatoms. The summed E-state index contributed by atoms with van der Waals surface area (Å²) in [5, 5.41) is 14.8. The maximum atomic E-state index is 8.85. The Kier molecular flexibility index (Phi) is 12.1. The fourth-order valence-corrected chi connectivity index (χ4v) is 8.10. The lowest BCUT2D eigenvalue weighted by Gasteiger charge is -2.16. The van der Waals surface area contributed by atoms with Crippen LogP contribution in [0.5, 0.6) is 0 Å². The lowest BCUT2D eigenvalue weighted by Crippen LogP contribution is -2.25. The number of nitrogens with zero attached hydrogens (tertiary/aromatic N) is 2. The molecule has 0 bridgehead atoms. The van der Waals surface area contributed by atoms with Crippen molar-refractivity contribution < 1.29 is 0 Å². The third kappa shape index (κ3) is 8.70. The predicted octanol–water partition coefficient (Wildman–Crippen LogP) is 13.8. The van der Waals surface area contributed by atoms with Crippen molar-refractivity contribution in [1.29, 1.82) is 5.41 Å². The number of aryl methyl sites for hydroxylation is 1. The number of fused-ring (bicyclic) bond motifs is 2. The molecule has 0 radical (unpaired) electrons. The number of pyridine rings is 1. The number of aromatic nitrogens is 1. The molecule has 1 aromatic heterocycles. The minimum atomic E-state index is 0. The molecule has 296 valence electrons. The molecule has 0 unspecified atom stereocenters. The average molecular weight is 807 g/mol. The lowest BCUT2D eigenvalue weighted by molar-refractivity contribution is 0.916. The fraction of sp³-hybridized carbons (Fsp3) is 0.0536. The first-order valence-electron chi connectivity index (χ1n) is 20.4. The first-order chi connectivity index (χ1) is 29.5. The maximum Gasteiger partial charge on any atom is 0.154 e. The molecule has 0 amide bonds. The molecule has 0 spiro atoms. The highest BCUT2D eigenvalue weighted by Gasteiger charge is 2.14. The molecule has 2 N–H and O–H groups in total. The number of aliphatic imine (C=N–C) groups is 1. The highest BCUT2D eigenvalue weighted by molar-refractivity contribution is 7.59. The van der Waals surface area contributed by atoms with Gasteiger partial charge in [-0.25, -0.2) is 9.98 Å². The van der Waals surface area contributed by atoms with Crippen LogP contribution in [-0.4, -0.2) is 16.7 Å². The molecule has 0 atom stereocenters. The lowest BCUT2D eigenvalue weighted by atomic mass is 9.89. The Balaban J connectivity index is 0.00000514. The van der Waals surface area contributed by atoms with Gasteiger partial charge in [-0.2, -0.15) is 13.5 Å². The molecule has 9 rings (SSSR count). The van der Waals surface area contributed by atoms with Crippen molar-refractivity contribution in [3.63, 3.8) is 0 Å². The van der Waals surface area contributed by atoms with E-state index in [-0.39, 0.29) is 19.3 Å². The van der Waals surface area contributed by atoms with Crippen LogP contribution in [0.2, 0.25) is 0 Å². The zero-order valence-corrected chi connectivity index (χ0v) is 34.9. The molecule has 0 fully saturated rings. The Morgan fingerprint density at radius 2 is 1.28 bits per heavy atom. The Labute approximate surface area is 365 Å². The number of nitrogens with one attached hydrogen (secondary N) is 2. The van der Waals surface area contributed by atoms with E-state index in [0.29, 0.717) is 12.4 Å². The summed E-state index contributed by atoms with van der Waals surface area (Å²) in [6.07, 6.45) is 10.3. The van der Waals surface area contributed by atoms with Crippen molar-refractivity contribution in [1.82, 2.24) is 10.3 Å². The molecule has 0 saturated heterocycles. The van der Waals surface area contributed by atoms with Crippen LogP contribution in [0.25, 0.3) is 73.6 Å². The first kappa shape index (κ1) is 40.4. The zero-order valence-electron chi connectivity index (χ0n) is 33.9. The second-order valence-electron chi connectivity index (χ2n) is 15.0. The molecule has 61 heavy (non-hydrogen) atoms. The molecule has 8 aromatic rings. The second kappa shape index (κ2) is 18.3. The topological polar surface area (TPSA) is 61.1 Å². The summed E-state index contributed by atoms with van der Waals surface area (Å²) in [6.45, 7) is 8.75. The molecule has 1 aliphatic rings. The van der Waals surface area contributed by atoms with Gasteiger partial charge in [0.1, 0.15) is 5.84 Å². The number of hydrogen-bond donors (Lipinski definition) is 2. The second-order valence-corrected chi connectivity index (χ2v) is 15.0. The Morgan fingerprint density at radius 3 is 2.02 bits per heavy atom. The van der Waals surface area contributed by atoms with Gasteiger partial charge in [-0.15, -0.1) is 0 Å². The van der Waals surface area contributed by atoms with E-state index in [9.17, 15) is 0 Å². The number of amidine groups is 2. The average Bonchev–Trinajstić information content (AvgIpc) is 3.32. The Morgan fingerprint density at radius 1 is 0.623 bits per heavy atom. The van der Waals surface area contributed by atoms with E-state index in [2.05, 4.69) is 140 Å². The largest absolute Gasteiger partial charge is 0.365 e. The van der Waals surface area contributed by atoms with Crippen molar-refractivity contribution in [2.75, 3.05) is 0 Å². The van der Waals surface area contributed by atoms with Crippen molar-refractivity contribution in [2.24, 2.45) is 4.99 Å². The minimum Gasteiger partial charge on any atom is -0.365 e. The molecule has 0 saturated carbocycles. The highest BCUT2D eigenvalue weighted by Crippen LogP contribution is 2.37. The number of benzene rings is 7. The monoisotopic (exact) mass is 806 g/mol. The van der Waals surface area contributed by atoms with Crippen LogP contribution >= 0.6 is 13.5 Å². The molecular weight excluding hydrogens is 761 g/mol. The van der Waals surface area contributed by atoms with Gasteiger partial charge in [0.05, 0.1) is 11.4 Å². The van der Waals surface area contributed by atoms with Gasteiger partial charge in [0, 0.05) is 23.2 Å². The van der Waals surface area contributed by atoms with E-state index in [1.54, 1.807) is 0 Å². The van der Waals surface area contributed by atoms with Crippen LogP contribution in [0, 0.1) is 5.41 Å². The molecule has 4 nitrogen and oxygen atoms in total. The van der Waals surface area contributed by atoms with Crippen LogP contribution in [0.1, 0.15) is 45.5 Å². The summed E-state index contributed by atoms with van der Waals surface area (Å²) < 4.78 is 0. The predicted molar refractivity (Wildman–Crippen MR) is 264 cm³/mol. The Hall–Kier alpha value is -7.34. The minimum absolute atomic E-state index is 0. The van der Waals surface area contributed by atoms with Gasteiger partial charge < -0.3 is 5.32 Å². The number of hydrogen-bond acceptors (Lipinski definition) is 2. The van der Waals surface area contributed by atoms with Crippen LogP contribution in [0.4, 0.5) is 0 Å². The summed E-state index contributed by atoms with van der Waals surface area (Å²) in [5.74, 6) is 0.842. The SMILES string of the molecule is C=Cc1cc(-c2cccc(-c3cc(CNC(=NC(=N)c4ccccc4)c4ccccc4)cc(-c4ccc(-c5ccc6c(n5)C=CCC6)cc4)c3)c2)c2ccccc2c1C=C.S. The van der Waals surface area contributed by atoms with Gasteiger partial charge in [-0.1, -0.05) is 165 Å². The molecule has 0 aliphatic heterocycles. The highest BCUT2D eigenvalue weighted by atomic mass is 32.1. The van der Waals surface area contributed by atoms with Gasteiger partial charge >= 0.3 is 0 Å². The third-order valence-corrected chi connectivity index (χ3v) is 11.2. The van der Waals surface area contributed by atoms with Crippen LogP contribution in [0.3, 0.4) is 0 Å². The van der Waals surface area contributed by atoms with Gasteiger partial charge in [-0.3, -0.25) is 5.41 Å². The van der Waals surface area contributed by atoms with E-state index in [1.165, 1.54) is 10.9 Å². The number of rotatable bonds is 10. The third-order valence-electron chi connectivity index (χ3n) is 11.2. The molecular formula is C56H46N4S. The Bertz CT molecular complexity index is 2960. The molecule has 1 heterocycles. The summed E-state index contributed by atoms with van der Waals surface area (Å²) in [4.78, 5) is 9.82. The summed E-state index contributed by atoms with van der Waals surface area (Å²) in [6, 6.07) is 59.1. The standard InChI is InChI=1S/C56H44N4.H2S/c1-3-39-36-52(51-24-13-12-23-50(51)49(39)4-2)46-22-15-21-45(34-46)48-33-38(37-58-56(44-19-9-6-10-20-44)60-55(57)43-17-7-5-8-18-43)32-47(35-48)40-26-28-42(29-27-40)54-31-30-41-16-11-14-25-53(41)59-54;/h3-10,12-15,17-36H,1-2,11,16,37H2,(H2,57,58,60);1H2. The van der Waals surface area contributed by atoms with Gasteiger partial charge in [0.2, 0.25) is 0 Å². The summed E-state index contributed by atoms with van der Waals surface area (Å²) >= 11 is 0. The van der Waals surface area contributed by atoms with Gasteiger partial charge in [0.15, 0.2) is 5.84 Å². The van der Waals surface area contributed by atoms with Crippen molar-refractivity contribution in [2.45, 2.75) is 19.4 Å². The van der Waals surface area contributed by atoms with E-state index >= 15 is 0 Å². The van der Waals surface area contributed by atoms with Crippen LogP contribution in [0.15, 0.2) is 194 Å². The van der Waals surface area contributed by atoms with E-state index < -0.39 is 0 Å². The molecule has 1 aliphatic carbocycles. The normalized spacial score (nSPS) is 12.0. The maximum absolute atomic E-state index is 8.85. The van der Waals surface area contributed by atoms with Crippen LogP contribution < -0.4 is 5.32 Å². The number of allylic oxidation sites excluding steroid dienone is 1. The van der Waals surface area contributed by atoms with E-state index in [4.69, 9.17) is 15.4 Å².